The average Bonchev–Trinajstić information content (AvgIpc) is 3.27. The van der Waals surface area contributed by atoms with Crippen molar-refractivity contribution in [3.63, 3.8) is 0 Å². The lowest BCUT2D eigenvalue weighted by Gasteiger charge is -2.14. The molecule has 3 rings (SSSR count). The van der Waals surface area contributed by atoms with Crippen molar-refractivity contribution in [1.82, 2.24) is 4.90 Å². The third-order valence-electron chi connectivity index (χ3n) is 4.68. The van der Waals surface area contributed by atoms with E-state index in [-0.39, 0.29) is 5.41 Å². The highest BCUT2D eigenvalue weighted by Crippen LogP contribution is 2.23. The van der Waals surface area contributed by atoms with Crippen molar-refractivity contribution >= 4 is 23.5 Å². The van der Waals surface area contributed by atoms with Crippen LogP contribution in [0.4, 0.5) is 0 Å². The van der Waals surface area contributed by atoms with Crippen LogP contribution >= 0.6 is 11.3 Å². The van der Waals surface area contributed by atoms with Gasteiger partial charge in [0.1, 0.15) is 0 Å². The van der Waals surface area contributed by atoms with Gasteiger partial charge in [-0.25, -0.2) is 0 Å². The lowest BCUT2D eigenvalue weighted by Crippen LogP contribution is -2.17. The molecule has 0 atom stereocenters. The number of nitrogens with zero attached hydrogens (tertiary/aromatic N) is 1. The summed E-state index contributed by atoms with van der Waals surface area (Å²) in [7, 11) is 2.14. The van der Waals surface area contributed by atoms with E-state index in [0.717, 1.165) is 13.1 Å². The smallest absolute Gasteiger partial charge is 0.0234 e. The fraction of sp³-hybridized carbons (Fsp3) is 0.241. The third kappa shape index (κ3) is 8.06. The zero-order valence-electron chi connectivity index (χ0n) is 18.9. The molecule has 0 N–H and O–H groups in total. The van der Waals surface area contributed by atoms with Crippen LogP contribution in [0.15, 0.2) is 77.5 Å². The first kappa shape index (κ1) is 22.8. The van der Waals surface area contributed by atoms with Gasteiger partial charge in [0.15, 0.2) is 0 Å². The molecule has 2 heteroatoms. The maximum Gasteiger partial charge on any atom is 0.0234 e. The van der Waals surface area contributed by atoms with Gasteiger partial charge in [0.05, 0.1) is 0 Å². The minimum absolute atomic E-state index is 0.0510. The zero-order valence-corrected chi connectivity index (χ0v) is 19.7. The molecular weight excluding hydrogens is 394 g/mol. The normalized spacial score (nSPS) is 11.9. The monoisotopic (exact) mass is 425 g/mol. The van der Waals surface area contributed by atoms with Gasteiger partial charge in [0.2, 0.25) is 0 Å². The Morgan fingerprint density at radius 1 is 0.935 bits per heavy atom. The zero-order chi connectivity index (χ0) is 22.1. The van der Waals surface area contributed by atoms with E-state index in [1.165, 1.54) is 27.8 Å². The summed E-state index contributed by atoms with van der Waals surface area (Å²) < 4.78 is 0. The van der Waals surface area contributed by atoms with E-state index in [4.69, 9.17) is 0 Å². The fourth-order valence-electron chi connectivity index (χ4n) is 3.16. The molecule has 0 saturated heterocycles. The van der Waals surface area contributed by atoms with Crippen LogP contribution in [0.5, 0.6) is 0 Å². The predicted molar refractivity (Wildman–Crippen MR) is 138 cm³/mol. The molecule has 2 aromatic carbocycles. The summed E-state index contributed by atoms with van der Waals surface area (Å²) in [5.74, 6) is 6.36. The number of likely N-dealkylation sites (N-methyl/N-ethyl adjacent to an activating group) is 1. The van der Waals surface area contributed by atoms with Gasteiger partial charge in [0, 0.05) is 18.5 Å². The minimum atomic E-state index is 0.0510. The molecule has 0 aliphatic heterocycles. The number of benzene rings is 2. The molecule has 1 heterocycles. The van der Waals surface area contributed by atoms with Crippen LogP contribution in [0.1, 0.15) is 37.5 Å². The topological polar surface area (TPSA) is 3.24 Å². The molecule has 0 aliphatic carbocycles. The summed E-state index contributed by atoms with van der Waals surface area (Å²) in [6.45, 7) is 8.17. The lowest BCUT2D eigenvalue weighted by molar-refractivity contribution is 0.363. The molecular formula is C29H31NS. The minimum Gasteiger partial charge on any atom is -0.298 e. The van der Waals surface area contributed by atoms with E-state index < -0.39 is 0 Å². The Hall–Kier alpha value is -2.86. The SMILES string of the molecule is CN(CC=CC#CC(C)(C)C)Cc1cccc(C=Cc2cccc(-c3ccsc3)c2)c1. The van der Waals surface area contributed by atoms with Gasteiger partial charge in [-0.1, -0.05) is 72.5 Å². The maximum absolute atomic E-state index is 3.23. The number of allylic oxidation sites excluding steroid dienone is 1. The summed E-state index contributed by atoms with van der Waals surface area (Å²) in [5.41, 5.74) is 6.34. The van der Waals surface area contributed by atoms with Crippen LogP contribution in [0.25, 0.3) is 23.3 Å². The standard InChI is InChI=1S/C29H31NS/c1-29(2,3)17-6-5-7-18-30(4)22-26-12-8-10-24(20-26)14-15-25-11-9-13-27(21-25)28-16-19-31-23-28/h5,7-16,19-21,23H,18,22H2,1-4H3. The van der Waals surface area contributed by atoms with Crippen LogP contribution in [-0.2, 0) is 6.54 Å². The second-order valence-corrected chi connectivity index (χ2v) is 9.61. The Morgan fingerprint density at radius 2 is 1.68 bits per heavy atom. The molecule has 0 spiro atoms. The quantitative estimate of drug-likeness (QED) is 0.278. The largest absolute Gasteiger partial charge is 0.298 e. The molecule has 0 unspecified atom stereocenters. The molecule has 0 saturated carbocycles. The Balaban J connectivity index is 1.59. The molecule has 158 valence electrons. The van der Waals surface area contributed by atoms with E-state index in [1.807, 2.05) is 6.08 Å². The van der Waals surface area contributed by atoms with Gasteiger partial charge in [0.25, 0.3) is 0 Å². The summed E-state index contributed by atoms with van der Waals surface area (Å²) in [5, 5.41) is 4.31. The summed E-state index contributed by atoms with van der Waals surface area (Å²) in [6, 6.07) is 19.6. The van der Waals surface area contributed by atoms with Crippen LogP contribution in [0.3, 0.4) is 0 Å². The van der Waals surface area contributed by atoms with E-state index >= 15 is 0 Å². The maximum atomic E-state index is 3.23. The van der Waals surface area contributed by atoms with Crippen molar-refractivity contribution < 1.29 is 0 Å². The number of hydrogen-bond donors (Lipinski definition) is 0. The van der Waals surface area contributed by atoms with Gasteiger partial charge in [-0.15, -0.1) is 0 Å². The van der Waals surface area contributed by atoms with Crippen molar-refractivity contribution in [1.29, 1.82) is 0 Å². The van der Waals surface area contributed by atoms with Crippen LogP contribution < -0.4 is 0 Å². The highest BCUT2D eigenvalue weighted by Gasteiger charge is 2.03. The van der Waals surface area contributed by atoms with Gasteiger partial charge < -0.3 is 0 Å². The lowest BCUT2D eigenvalue weighted by atomic mass is 9.98. The number of thiophene rings is 1. The molecule has 0 aliphatic rings. The predicted octanol–water partition coefficient (Wildman–Crippen LogP) is 7.62. The Morgan fingerprint density at radius 3 is 2.39 bits per heavy atom. The molecule has 0 fully saturated rings. The number of hydrogen-bond acceptors (Lipinski definition) is 2. The van der Waals surface area contributed by atoms with Crippen LogP contribution in [0.2, 0.25) is 0 Å². The third-order valence-corrected chi connectivity index (χ3v) is 5.36. The van der Waals surface area contributed by atoms with Crippen LogP contribution in [-0.4, -0.2) is 18.5 Å². The summed E-state index contributed by atoms with van der Waals surface area (Å²) >= 11 is 1.73. The molecule has 31 heavy (non-hydrogen) atoms. The van der Waals surface area contributed by atoms with E-state index in [9.17, 15) is 0 Å². The molecule has 0 radical (unpaired) electrons. The Kier molecular flexibility index (Phi) is 8.06. The second-order valence-electron chi connectivity index (χ2n) is 8.83. The van der Waals surface area contributed by atoms with E-state index in [1.54, 1.807) is 11.3 Å². The molecule has 0 amide bonds. The first-order valence-corrected chi connectivity index (χ1v) is 11.6. The van der Waals surface area contributed by atoms with Crippen molar-refractivity contribution in [2.45, 2.75) is 27.3 Å². The molecule has 1 nitrogen and oxygen atoms in total. The first-order valence-electron chi connectivity index (χ1n) is 10.6. The summed E-state index contributed by atoms with van der Waals surface area (Å²) in [6.07, 6.45) is 8.47. The van der Waals surface area contributed by atoms with E-state index in [0.29, 0.717) is 0 Å². The highest BCUT2D eigenvalue weighted by atomic mass is 32.1. The summed E-state index contributed by atoms with van der Waals surface area (Å²) in [4.78, 5) is 2.29. The van der Waals surface area contributed by atoms with Crippen LogP contribution in [0, 0.1) is 17.3 Å². The number of rotatable bonds is 7. The molecule has 0 bridgehead atoms. The van der Waals surface area contributed by atoms with Gasteiger partial charge in [-0.2, -0.15) is 11.3 Å². The van der Waals surface area contributed by atoms with Crippen molar-refractivity contribution in [3.05, 3.63) is 94.2 Å². The molecule has 3 aromatic rings. The van der Waals surface area contributed by atoms with Crippen molar-refractivity contribution in [2.75, 3.05) is 13.6 Å². The second kappa shape index (κ2) is 11.0. The van der Waals surface area contributed by atoms with Crippen molar-refractivity contribution in [2.24, 2.45) is 5.41 Å². The van der Waals surface area contributed by atoms with Gasteiger partial charge in [-0.3, -0.25) is 4.90 Å². The van der Waals surface area contributed by atoms with Gasteiger partial charge in [-0.05, 0) is 84.6 Å². The first-order chi connectivity index (χ1) is 14.9. The fourth-order valence-corrected chi connectivity index (χ4v) is 3.83. The Labute approximate surface area is 191 Å². The Bertz CT molecular complexity index is 1090. The van der Waals surface area contributed by atoms with Gasteiger partial charge >= 0.3 is 0 Å². The highest BCUT2D eigenvalue weighted by molar-refractivity contribution is 7.08. The van der Waals surface area contributed by atoms with E-state index in [2.05, 4.69) is 128 Å². The molecule has 1 aromatic heterocycles. The average molecular weight is 426 g/mol. The van der Waals surface area contributed by atoms with Crippen molar-refractivity contribution in [3.8, 4) is 23.0 Å².